The van der Waals surface area contributed by atoms with Crippen molar-refractivity contribution < 1.29 is 4.79 Å². The molecule has 2 saturated heterocycles. The van der Waals surface area contributed by atoms with Crippen LogP contribution in [0.1, 0.15) is 10.4 Å². The number of piperazine rings is 1. The lowest BCUT2D eigenvalue weighted by Gasteiger charge is -2.46. The van der Waals surface area contributed by atoms with Crippen molar-refractivity contribution in [1.29, 1.82) is 0 Å². The fourth-order valence-electron chi connectivity index (χ4n) is 2.73. The molecule has 1 aromatic rings. The minimum Gasteiger partial charge on any atom is -0.335 e. The van der Waals surface area contributed by atoms with Gasteiger partial charge in [0.1, 0.15) is 0 Å². The summed E-state index contributed by atoms with van der Waals surface area (Å²) in [4.78, 5) is 16.9. The minimum absolute atomic E-state index is 0.100. The third kappa shape index (κ3) is 2.95. The minimum atomic E-state index is 0.100. The Kier molecular flexibility index (Phi) is 4.49. The first-order valence-electron chi connectivity index (χ1n) is 6.84. The number of nitrogens with zero attached hydrogens (tertiary/aromatic N) is 2. The molecule has 1 aromatic carbocycles. The number of rotatable bonds is 2. The Morgan fingerprint density at radius 3 is 2.70 bits per heavy atom. The van der Waals surface area contributed by atoms with Crippen LogP contribution in [-0.2, 0) is 0 Å². The van der Waals surface area contributed by atoms with E-state index in [0.29, 0.717) is 11.1 Å². The fourth-order valence-corrected chi connectivity index (χ4v) is 3.47. The molecule has 0 aliphatic carbocycles. The summed E-state index contributed by atoms with van der Waals surface area (Å²) in [6, 6.07) is 6.01. The summed E-state index contributed by atoms with van der Waals surface area (Å²) in [5, 5.41) is 3.97. The Morgan fingerprint density at radius 1 is 1.30 bits per heavy atom. The topological polar surface area (TPSA) is 35.6 Å². The molecule has 0 radical (unpaired) electrons. The Labute approximate surface area is 137 Å². The van der Waals surface area contributed by atoms with Crippen LogP contribution >= 0.6 is 34.2 Å². The summed E-state index contributed by atoms with van der Waals surface area (Å²) in [7, 11) is 0. The van der Waals surface area contributed by atoms with Gasteiger partial charge in [0.05, 0.1) is 5.56 Å². The molecule has 6 heteroatoms. The molecule has 0 bridgehead atoms. The molecule has 2 aliphatic rings. The summed E-state index contributed by atoms with van der Waals surface area (Å²) in [5.41, 5.74) is 0.719. The first-order valence-corrected chi connectivity index (χ1v) is 8.30. The van der Waals surface area contributed by atoms with E-state index in [4.69, 9.17) is 11.6 Å². The van der Waals surface area contributed by atoms with Crippen molar-refractivity contribution in [3.05, 3.63) is 32.4 Å². The molecule has 108 valence electrons. The van der Waals surface area contributed by atoms with Crippen molar-refractivity contribution in [2.45, 2.75) is 6.04 Å². The largest absolute Gasteiger partial charge is 0.335 e. The van der Waals surface area contributed by atoms with Crippen molar-refractivity contribution in [2.75, 3.05) is 39.3 Å². The van der Waals surface area contributed by atoms with Gasteiger partial charge in [-0.3, -0.25) is 9.69 Å². The van der Waals surface area contributed by atoms with Crippen LogP contribution in [0.25, 0.3) is 0 Å². The Balaban J connectivity index is 1.61. The van der Waals surface area contributed by atoms with Crippen molar-refractivity contribution in [3.8, 4) is 0 Å². The van der Waals surface area contributed by atoms with E-state index in [9.17, 15) is 4.79 Å². The molecule has 2 aliphatic heterocycles. The summed E-state index contributed by atoms with van der Waals surface area (Å²) >= 11 is 8.18. The van der Waals surface area contributed by atoms with Gasteiger partial charge in [0, 0.05) is 53.9 Å². The van der Waals surface area contributed by atoms with Gasteiger partial charge in [-0.2, -0.15) is 0 Å². The molecular weight excluding hydrogens is 389 g/mol. The van der Waals surface area contributed by atoms with Gasteiger partial charge in [-0.05, 0) is 40.8 Å². The van der Waals surface area contributed by atoms with Gasteiger partial charge in [-0.25, -0.2) is 0 Å². The molecule has 3 rings (SSSR count). The zero-order chi connectivity index (χ0) is 14.1. The molecule has 4 nitrogen and oxygen atoms in total. The second-order valence-electron chi connectivity index (χ2n) is 5.27. The van der Waals surface area contributed by atoms with Gasteiger partial charge >= 0.3 is 0 Å². The van der Waals surface area contributed by atoms with Crippen LogP contribution in [0.5, 0.6) is 0 Å². The molecule has 2 heterocycles. The highest BCUT2D eigenvalue weighted by Gasteiger charge is 2.35. The van der Waals surface area contributed by atoms with Crippen LogP contribution in [0.4, 0.5) is 0 Å². The van der Waals surface area contributed by atoms with E-state index in [1.165, 1.54) is 0 Å². The van der Waals surface area contributed by atoms with Gasteiger partial charge in [-0.1, -0.05) is 11.6 Å². The number of hydrogen-bond acceptors (Lipinski definition) is 3. The fraction of sp³-hybridized carbons (Fsp3) is 0.500. The lowest BCUT2D eigenvalue weighted by Crippen LogP contribution is -2.63. The monoisotopic (exact) mass is 405 g/mol. The summed E-state index contributed by atoms with van der Waals surface area (Å²) in [6.45, 7) is 5.94. The van der Waals surface area contributed by atoms with Gasteiger partial charge < -0.3 is 10.2 Å². The van der Waals surface area contributed by atoms with Crippen molar-refractivity contribution in [3.63, 3.8) is 0 Å². The Hall–Kier alpha value is -0.370. The average Bonchev–Trinajstić information content (AvgIpc) is 2.41. The summed E-state index contributed by atoms with van der Waals surface area (Å²) in [5.74, 6) is 0.100. The highest BCUT2D eigenvalue weighted by molar-refractivity contribution is 14.1. The molecule has 0 saturated carbocycles. The third-order valence-electron chi connectivity index (χ3n) is 3.98. The van der Waals surface area contributed by atoms with Gasteiger partial charge in [-0.15, -0.1) is 0 Å². The Morgan fingerprint density at radius 2 is 2.00 bits per heavy atom. The van der Waals surface area contributed by atoms with Crippen LogP contribution in [0, 0.1) is 3.57 Å². The number of halogens is 2. The maximum Gasteiger partial charge on any atom is 0.255 e. The molecule has 1 amide bonds. The first-order chi connectivity index (χ1) is 9.65. The standard InChI is InChI=1S/C14H17ClIN3O/c15-10-1-2-13(16)12(7-10)14(20)19-8-11(9-19)18-5-3-17-4-6-18/h1-2,7,11,17H,3-6,8-9H2. The van der Waals surface area contributed by atoms with E-state index < -0.39 is 0 Å². The number of amides is 1. The van der Waals surface area contributed by atoms with Gasteiger partial charge in [0.25, 0.3) is 5.91 Å². The van der Waals surface area contributed by atoms with Crippen molar-refractivity contribution in [1.82, 2.24) is 15.1 Å². The second-order valence-corrected chi connectivity index (χ2v) is 6.87. The SMILES string of the molecule is O=C(c1cc(Cl)ccc1I)N1CC(N2CCNCC2)C1. The van der Waals surface area contributed by atoms with E-state index in [1.54, 1.807) is 6.07 Å². The molecule has 1 N–H and O–H groups in total. The van der Waals surface area contributed by atoms with Gasteiger partial charge in [0.2, 0.25) is 0 Å². The molecule has 0 atom stereocenters. The van der Waals surface area contributed by atoms with Crippen molar-refractivity contribution in [2.24, 2.45) is 0 Å². The van der Waals surface area contributed by atoms with E-state index in [2.05, 4.69) is 32.8 Å². The summed E-state index contributed by atoms with van der Waals surface area (Å²) < 4.78 is 0.961. The predicted molar refractivity (Wildman–Crippen MR) is 88.3 cm³/mol. The number of carbonyl (C=O) groups excluding carboxylic acids is 1. The molecule has 0 spiro atoms. The van der Waals surface area contributed by atoms with Crippen LogP contribution in [0.3, 0.4) is 0 Å². The molecule has 0 unspecified atom stereocenters. The lowest BCUT2D eigenvalue weighted by atomic mass is 10.0. The Bertz CT molecular complexity index is 513. The number of carbonyl (C=O) groups is 1. The molecule has 0 aromatic heterocycles. The van der Waals surface area contributed by atoms with Crippen LogP contribution in [-0.4, -0.2) is 61.0 Å². The highest BCUT2D eigenvalue weighted by Crippen LogP contribution is 2.23. The number of likely N-dealkylation sites (tertiary alicyclic amines) is 1. The number of benzene rings is 1. The second kappa shape index (κ2) is 6.17. The smallest absolute Gasteiger partial charge is 0.255 e. The first kappa shape index (κ1) is 14.6. The molecular formula is C14H17ClIN3O. The quantitative estimate of drug-likeness (QED) is 0.761. The van der Waals surface area contributed by atoms with E-state index in [1.807, 2.05) is 17.0 Å². The zero-order valence-electron chi connectivity index (χ0n) is 11.1. The highest BCUT2D eigenvalue weighted by atomic mass is 127. The zero-order valence-corrected chi connectivity index (χ0v) is 14.0. The van der Waals surface area contributed by atoms with Crippen LogP contribution < -0.4 is 5.32 Å². The van der Waals surface area contributed by atoms with Crippen LogP contribution in [0.2, 0.25) is 5.02 Å². The number of nitrogens with one attached hydrogen (secondary N) is 1. The van der Waals surface area contributed by atoms with E-state index in [0.717, 1.165) is 48.4 Å². The maximum atomic E-state index is 12.5. The molecule has 2 fully saturated rings. The van der Waals surface area contributed by atoms with Gasteiger partial charge in [0.15, 0.2) is 0 Å². The van der Waals surface area contributed by atoms with E-state index in [-0.39, 0.29) is 5.91 Å². The summed E-state index contributed by atoms with van der Waals surface area (Å²) in [6.07, 6.45) is 0. The van der Waals surface area contributed by atoms with Crippen LogP contribution in [0.15, 0.2) is 18.2 Å². The van der Waals surface area contributed by atoms with Crippen molar-refractivity contribution >= 4 is 40.1 Å². The van der Waals surface area contributed by atoms with E-state index >= 15 is 0 Å². The maximum absolute atomic E-state index is 12.5. The average molecular weight is 406 g/mol. The third-order valence-corrected chi connectivity index (χ3v) is 5.15. The molecule has 20 heavy (non-hydrogen) atoms. The number of hydrogen-bond donors (Lipinski definition) is 1. The predicted octanol–water partition coefficient (Wildman–Crippen LogP) is 1.67. The normalized spacial score (nSPS) is 20.8. The lowest BCUT2D eigenvalue weighted by molar-refractivity contribution is 0.0226.